The zero-order valence-corrected chi connectivity index (χ0v) is 21.4. The van der Waals surface area contributed by atoms with E-state index in [1.54, 1.807) is 36.4 Å². The van der Waals surface area contributed by atoms with Gasteiger partial charge in [-0.25, -0.2) is 18.5 Å². The first-order valence-corrected chi connectivity index (χ1v) is 13.0. The first kappa shape index (κ1) is 25.5. The van der Waals surface area contributed by atoms with Crippen LogP contribution in [0.1, 0.15) is 36.4 Å². The first-order valence-electron chi connectivity index (χ1n) is 13.0. The average Bonchev–Trinajstić information content (AvgIpc) is 3.56. The number of carbonyl (C=O) groups excluding carboxylic acids is 2. The molecule has 40 heavy (non-hydrogen) atoms. The zero-order valence-electron chi connectivity index (χ0n) is 21.4. The Kier molecular flexibility index (Phi) is 6.90. The number of halogens is 2. The quantitative estimate of drug-likeness (QED) is 0.318. The average molecular weight is 542 g/mol. The van der Waals surface area contributed by atoms with E-state index >= 15 is 0 Å². The molecule has 1 aromatic heterocycles. The van der Waals surface area contributed by atoms with Crippen LogP contribution in [0.5, 0.6) is 0 Å². The summed E-state index contributed by atoms with van der Waals surface area (Å²) < 4.78 is 33.9. The highest BCUT2D eigenvalue weighted by molar-refractivity contribution is 6.08. The molecule has 202 valence electrons. The van der Waals surface area contributed by atoms with Gasteiger partial charge in [0.1, 0.15) is 23.7 Å². The largest absolute Gasteiger partial charge is 0.454 e. The summed E-state index contributed by atoms with van der Waals surface area (Å²) in [4.78, 5) is 26.0. The van der Waals surface area contributed by atoms with Crippen molar-refractivity contribution < 1.29 is 23.1 Å². The van der Waals surface area contributed by atoms with Crippen molar-refractivity contribution in [1.82, 2.24) is 20.0 Å². The number of carbonyl (C=O) groups is 2. The molecule has 10 heteroatoms. The van der Waals surface area contributed by atoms with Gasteiger partial charge in [0, 0.05) is 5.92 Å². The lowest BCUT2D eigenvalue weighted by molar-refractivity contribution is -0.153. The van der Waals surface area contributed by atoms with Gasteiger partial charge in [0.15, 0.2) is 6.61 Å². The fraction of sp³-hybridized carbons (Fsp3) is 0.233. The van der Waals surface area contributed by atoms with E-state index < -0.39 is 24.5 Å². The molecular formula is C30H25F2N5O3. The van der Waals surface area contributed by atoms with Crippen molar-refractivity contribution in [2.75, 3.05) is 6.61 Å². The Morgan fingerprint density at radius 2 is 1.70 bits per heavy atom. The van der Waals surface area contributed by atoms with Gasteiger partial charge in [-0.2, -0.15) is 5.10 Å². The molecule has 0 spiro atoms. The Hall–Kier alpha value is -4.73. The highest BCUT2D eigenvalue weighted by Gasteiger charge is 2.43. The number of fused-ring (bicyclic) bond motifs is 2. The number of hydrazone groups is 1. The van der Waals surface area contributed by atoms with Crippen LogP contribution in [0.15, 0.2) is 83.5 Å². The van der Waals surface area contributed by atoms with E-state index in [4.69, 9.17) is 9.84 Å². The SMILES string of the molecule is O=C(Cn1nnc2ccccc21)OCC(=O)N1N=C2C(=Cc3ccc(F)cc3)CCCC2C1c1ccc(F)cc1. The molecule has 1 fully saturated rings. The molecule has 2 unspecified atom stereocenters. The monoisotopic (exact) mass is 541 g/mol. The van der Waals surface area contributed by atoms with Crippen molar-refractivity contribution in [1.29, 1.82) is 0 Å². The van der Waals surface area contributed by atoms with Gasteiger partial charge in [0.2, 0.25) is 0 Å². The zero-order chi connectivity index (χ0) is 27.6. The second-order valence-corrected chi connectivity index (χ2v) is 9.84. The summed E-state index contributed by atoms with van der Waals surface area (Å²) in [5.41, 5.74) is 4.62. The van der Waals surface area contributed by atoms with E-state index in [9.17, 15) is 18.4 Å². The normalized spacial score (nSPS) is 19.5. The molecule has 0 bridgehead atoms. The lowest BCUT2D eigenvalue weighted by Gasteiger charge is -2.29. The number of para-hydroxylation sites is 1. The van der Waals surface area contributed by atoms with Gasteiger partial charge < -0.3 is 4.74 Å². The molecule has 1 aliphatic carbocycles. The van der Waals surface area contributed by atoms with Crippen LogP contribution in [0.2, 0.25) is 0 Å². The Morgan fingerprint density at radius 1 is 0.975 bits per heavy atom. The highest BCUT2D eigenvalue weighted by Crippen LogP contribution is 2.44. The van der Waals surface area contributed by atoms with Crippen LogP contribution in [-0.2, 0) is 20.9 Å². The van der Waals surface area contributed by atoms with Crippen LogP contribution < -0.4 is 0 Å². The molecule has 0 N–H and O–H groups in total. The molecule has 0 saturated heterocycles. The topological polar surface area (TPSA) is 89.7 Å². The number of aromatic nitrogens is 3. The van der Waals surface area contributed by atoms with Crippen LogP contribution in [0.25, 0.3) is 17.1 Å². The second-order valence-electron chi connectivity index (χ2n) is 9.84. The summed E-state index contributed by atoms with van der Waals surface area (Å²) in [6.07, 6.45) is 4.37. The summed E-state index contributed by atoms with van der Waals surface area (Å²) in [7, 11) is 0. The van der Waals surface area contributed by atoms with Crippen LogP contribution >= 0.6 is 0 Å². The Bertz CT molecular complexity index is 1630. The predicted octanol–water partition coefficient (Wildman–Crippen LogP) is 5.08. The molecule has 1 amide bonds. The lowest BCUT2D eigenvalue weighted by Crippen LogP contribution is -2.34. The number of hydrogen-bond acceptors (Lipinski definition) is 6. The summed E-state index contributed by atoms with van der Waals surface area (Å²) >= 11 is 0. The first-order chi connectivity index (χ1) is 19.5. The maximum absolute atomic E-state index is 13.7. The van der Waals surface area contributed by atoms with Crippen molar-refractivity contribution >= 4 is 34.7 Å². The predicted molar refractivity (Wildman–Crippen MR) is 144 cm³/mol. The highest BCUT2D eigenvalue weighted by atomic mass is 19.1. The molecule has 2 atom stereocenters. The minimum atomic E-state index is -0.636. The van der Waals surface area contributed by atoms with Crippen molar-refractivity contribution in [3.63, 3.8) is 0 Å². The fourth-order valence-corrected chi connectivity index (χ4v) is 5.37. The van der Waals surface area contributed by atoms with Gasteiger partial charge in [0.05, 0.1) is 17.3 Å². The Labute approximate surface area is 228 Å². The van der Waals surface area contributed by atoms with Gasteiger partial charge in [-0.05, 0) is 78.4 Å². The number of benzene rings is 3. The third-order valence-corrected chi connectivity index (χ3v) is 7.24. The van der Waals surface area contributed by atoms with E-state index in [0.717, 1.165) is 41.7 Å². The second kappa shape index (κ2) is 10.8. The number of nitrogens with zero attached hydrogens (tertiary/aromatic N) is 5. The number of rotatable bonds is 6. The molecule has 2 aliphatic rings. The molecule has 1 aliphatic heterocycles. The van der Waals surface area contributed by atoms with Gasteiger partial charge >= 0.3 is 5.97 Å². The van der Waals surface area contributed by atoms with Gasteiger partial charge in [-0.1, -0.05) is 41.6 Å². The van der Waals surface area contributed by atoms with E-state index in [0.29, 0.717) is 11.0 Å². The maximum atomic E-state index is 13.7. The third-order valence-electron chi connectivity index (χ3n) is 7.24. The van der Waals surface area contributed by atoms with Crippen molar-refractivity contribution in [3.05, 3.63) is 101 Å². The smallest absolute Gasteiger partial charge is 0.328 e. The van der Waals surface area contributed by atoms with E-state index in [2.05, 4.69) is 10.3 Å². The number of esters is 1. The minimum Gasteiger partial charge on any atom is -0.454 e. The fourth-order valence-electron chi connectivity index (χ4n) is 5.37. The van der Waals surface area contributed by atoms with Gasteiger partial charge in [-0.15, -0.1) is 5.10 Å². The van der Waals surface area contributed by atoms with Crippen molar-refractivity contribution in [2.24, 2.45) is 11.0 Å². The van der Waals surface area contributed by atoms with E-state index in [1.165, 1.54) is 34.0 Å². The van der Waals surface area contributed by atoms with Gasteiger partial charge in [0.25, 0.3) is 5.91 Å². The van der Waals surface area contributed by atoms with Crippen LogP contribution in [0.4, 0.5) is 8.78 Å². The Balaban J connectivity index is 1.24. The number of allylic oxidation sites excluding steroid dienone is 1. The van der Waals surface area contributed by atoms with Crippen LogP contribution in [0, 0.1) is 17.6 Å². The molecule has 3 aromatic carbocycles. The van der Waals surface area contributed by atoms with Crippen LogP contribution in [0.3, 0.4) is 0 Å². The number of ether oxygens (including phenoxy) is 1. The maximum Gasteiger partial charge on any atom is 0.328 e. The third kappa shape index (κ3) is 5.12. The molecule has 8 nitrogen and oxygen atoms in total. The Morgan fingerprint density at radius 3 is 2.48 bits per heavy atom. The standard InChI is InChI=1S/C30H25F2N5O3/c31-22-12-8-19(9-13-22)16-21-4-3-5-24-29(21)34-37(30(24)20-10-14-23(32)15-11-20)27(38)18-40-28(39)17-36-26-7-2-1-6-25(26)33-35-36/h1-2,6-16,24,30H,3-5,17-18H2. The summed E-state index contributed by atoms with van der Waals surface area (Å²) in [6, 6.07) is 19.0. The minimum absolute atomic E-state index is 0.118. The lowest BCUT2D eigenvalue weighted by atomic mass is 9.77. The van der Waals surface area contributed by atoms with E-state index in [1.807, 2.05) is 18.2 Å². The molecular weight excluding hydrogens is 516 g/mol. The number of hydrogen-bond donors (Lipinski definition) is 0. The van der Waals surface area contributed by atoms with Crippen LogP contribution in [-0.4, -0.2) is 44.2 Å². The number of amides is 1. The van der Waals surface area contributed by atoms with Crippen molar-refractivity contribution in [2.45, 2.75) is 31.8 Å². The van der Waals surface area contributed by atoms with E-state index in [-0.39, 0.29) is 24.1 Å². The summed E-state index contributed by atoms with van der Waals surface area (Å²) in [5.74, 6) is -1.94. The molecule has 1 saturated carbocycles. The molecule has 4 aromatic rings. The summed E-state index contributed by atoms with van der Waals surface area (Å²) in [5, 5.41) is 14.1. The van der Waals surface area contributed by atoms with Gasteiger partial charge in [-0.3, -0.25) is 9.59 Å². The molecule has 6 rings (SSSR count). The molecule has 0 radical (unpaired) electrons. The molecule has 2 heterocycles. The van der Waals surface area contributed by atoms with Crippen molar-refractivity contribution in [3.8, 4) is 0 Å². The summed E-state index contributed by atoms with van der Waals surface area (Å²) in [6.45, 7) is -0.708.